The van der Waals surface area contributed by atoms with Crippen molar-refractivity contribution in [2.24, 2.45) is 0 Å². The number of pyridine rings is 1. The van der Waals surface area contributed by atoms with Gasteiger partial charge in [-0.05, 0) is 18.2 Å². The van der Waals surface area contributed by atoms with E-state index >= 15 is 0 Å². The molecule has 0 radical (unpaired) electrons. The maximum Gasteiger partial charge on any atom is 0.416 e. The summed E-state index contributed by atoms with van der Waals surface area (Å²) in [7, 11) is 1.31. The van der Waals surface area contributed by atoms with E-state index in [-0.39, 0.29) is 18.0 Å². The number of carbonyl (C=O) groups is 1. The van der Waals surface area contributed by atoms with Crippen molar-refractivity contribution >= 4 is 28.2 Å². The third kappa shape index (κ3) is 3.16. The second-order valence-corrected chi connectivity index (χ2v) is 6.67. The highest BCUT2D eigenvalue weighted by Gasteiger charge is 2.42. The Hall–Kier alpha value is -3.80. The Labute approximate surface area is 169 Å². The Balaban J connectivity index is 1.82. The van der Waals surface area contributed by atoms with Crippen molar-refractivity contribution in [2.75, 3.05) is 23.5 Å². The van der Waals surface area contributed by atoms with Crippen molar-refractivity contribution in [3.05, 3.63) is 60.4 Å². The SMILES string of the molecule is COc1ccc(C(F)(F)F)cc1N1CC(C#N)N(c2cncc3ccccc23)C1=O. The van der Waals surface area contributed by atoms with E-state index in [1.165, 1.54) is 18.2 Å². The lowest BCUT2D eigenvalue weighted by Gasteiger charge is -2.22. The van der Waals surface area contributed by atoms with Crippen LogP contribution in [0.25, 0.3) is 10.8 Å². The van der Waals surface area contributed by atoms with Gasteiger partial charge in [0.05, 0.1) is 42.9 Å². The van der Waals surface area contributed by atoms with Crippen LogP contribution in [-0.2, 0) is 6.18 Å². The molecule has 0 spiro atoms. The normalized spacial score (nSPS) is 16.8. The Morgan fingerprint density at radius 1 is 1.17 bits per heavy atom. The number of ether oxygens (including phenoxy) is 1. The largest absolute Gasteiger partial charge is 0.495 e. The van der Waals surface area contributed by atoms with Gasteiger partial charge in [-0.3, -0.25) is 14.8 Å². The molecular formula is C21H15F3N4O2. The number of amides is 2. The van der Waals surface area contributed by atoms with E-state index in [2.05, 4.69) is 11.1 Å². The van der Waals surface area contributed by atoms with Crippen molar-refractivity contribution in [3.63, 3.8) is 0 Å². The molecule has 0 saturated carbocycles. The van der Waals surface area contributed by atoms with Crippen LogP contribution in [0.15, 0.2) is 54.9 Å². The van der Waals surface area contributed by atoms with Crippen molar-refractivity contribution in [1.82, 2.24) is 4.98 Å². The Bertz CT molecular complexity index is 1170. The molecule has 0 N–H and O–H groups in total. The number of alkyl halides is 3. The molecule has 2 heterocycles. The summed E-state index contributed by atoms with van der Waals surface area (Å²) in [5.74, 6) is 0.103. The first-order chi connectivity index (χ1) is 14.3. The van der Waals surface area contributed by atoms with Gasteiger partial charge in [0.25, 0.3) is 0 Å². The lowest BCUT2D eigenvalue weighted by atomic mass is 10.1. The molecule has 152 valence electrons. The number of urea groups is 1. The average molecular weight is 412 g/mol. The number of aromatic nitrogens is 1. The van der Waals surface area contributed by atoms with Gasteiger partial charge in [0.1, 0.15) is 11.8 Å². The summed E-state index contributed by atoms with van der Waals surface area (Å²) >= 11 is 0. The summed E-state index contributed by atoms with van der Waals surface area (Å²) in [5.41, 5.74) is -0.545. The fourth-order valence-electron chi connectivity index (χ4n) is 3.54. The lowest BCUT2D eigenvalue weighted by Crippen LogP contribution is -2.34. The number of nitriles is 1. The zero-order valence-electron chi connectivity index (χ0n) is 15.7. The maximum absolute atomic E-state index is 13.3. The average Bonchev–Trinajstić information content (AvgIpc) is 3.08. The number of methoxy groups -OCH3 is 1. The topological polar surface area (TPSA) is 69.5 Å². The Kier molecular flexibility index (Phi) is 4.70. The molecule has 30 heavy (non-hydrogen) atoms. The molecule has 3 aromatic rings. The standard InChI is InChI=1S/C21H15F3N4O2/c1-30-19-7-6-14(21(22,23)24)8-17(19)27-12-15(9-25)28(20(27)29)18-11-26-10-13-4-2-3-5-16(13)18/h2-8,10-11,15H,12H2,1H3. The summed E-state index contributed by atoms with van der Waals surface area (Å²) in [5, 5.41) is 11.1. The lowest BCUT2D eigenvalue weighted by molar-refractivity contribution is -0.137. The Morgan fingerprint density at radius 3 is 2.63 bits per heavy atom. The first kappa shape index (κ1) is 19.5. The highest BCUT2D eigenvalue weighted by Crippen LogP contribution is 2.40. The summed E-state index contributed by atoms with van der Waals surface area (Å²) in [6.45, 7) is -0.115. The van der Waals surface area contributed by atoms with Gasteiger partial charge in [0.15, 0.2) is 0 Å². The van der Waals surface area contributed by atoms with Crippen LogP contribution in [-0.4, -0.2) is 30.7 Å². The van der Waals surface area contributed by atoms with Crippen molar-refractivity contribution in [3.8, 4) is 11.8 Å². The minimum atomic E-state index is -4.59. The van der Waals surface area contributed by atoms with E-state index in [1.54, 1.807) is 18.3 Å². The molecule has 2 aromatic carbocycles. The van der Waals surface area contributed by atoms with Gasteiger partial charge in [0, 0.05) is 17.0 Å². The zero-order chi connectivity index (χ0) is 21.5. The minimum absolute atomic E-state index is 0.0479. The summed E-state index contributed by atoms with van der Waals surface area (Å²) in [4.78, 5) is 19.8. The fraction of sp³-hybridized carbons (Fsp3) is 0.190. The Morgan fingerprint density at radius 2 is 1.93 bits per heavy atom. The predicted octanol–water partition coefficient (Wildman–Crippen LogP) is 4.60. The first-order valence-electron chi connectivity index (χ1n) is 8.93. The fourth-order valence-corrected chi connectivity index (χ4v) is 3.54. The molecule has 2 amide bonds. The van der Waals surface area contributed by atoms with Crippen LogP contribution in [0.1, 0.15) is 5.56 Å². The molecule has 1 aliphatic rings. The second kappa shape index (κ2) is 7.22. The zero-order valence-corrected chi connectivity index (χ0v) is 15.7. The summed E-state index contributed by atoms with van der Waals surface area (Å²) in [6.07, 6.45) is -1.48. The number of hydrogen-bond donors (Lipinski definition) is 0. The van der Waals surface area contributed by atoms with Crippen molar-refractivity contribution in [2.45, 2.75) is 12.2 Å². The number of halogens is 3. The quantitative estimate of drug-likeness (QED) is 0.631. The molecule has 1 saturated heterocycles. The summed E-state index contributed by atoms with van der Waals surface area (Å²) in [6, 6.07) is 10.7. The molecule has 9 heteroatoms. The number of benzene rings is 2. The van der Waals surface area contributed by atoms with Gasteiger partial charge in [-0.1, -0.05) is 24.3 Å². The van der Waals surface area contributed by atoms with Crippen LogP contribution in [0.4, 0.5) is 29.3 Å². The van der Waals surface area contributed by atoms with Crippen LogP contribution in [0.3, 0.4) is 0 Å². The molecule has 4 rings (SSSR count). The highest BCUT2D eigenvalue weighted by atomic mass is 19.4. The van der Waals surface area contributed by atoms with Crippen molar-refractivity contribution in [1.29, 1.82) is 5.26 Å². The third-order valence-corrected chi connectivity index (χ3v) is 4.96. The number of fused-ring (bicyclic) bond motifs is 1. The van der Waals surface area contributed by atoms with E-state index in [1.807, 2.05) is 12.1 Å². The van der Waals surface area contributed by atoms with E-state index in [9.17, 15) is 23.2 Å². The third-order valence-electron chi connectivity index (χ3n) is 4.96. The molecule has 0 bridgehead atoms. The van der Waals surface area contributed by atoms with Crippen LogP contribution < -0.4 is 14.5 Å². The number of nitrogens with zero attached hydrogens (tertiary/aromatic N) is 4. The number of rotatable bonds is 3. The second-order valence-electron chi connectivity index (χ2n) is 6.67. The number of hydrogen-bond acceptors (Lipinski definition) is 4. The molecule has 1 aromatic heterocycles. The minimum Gasteiger partial charge on any atom is -0.495 e. The molecule has 0 aliphatic carbocycles. The van der Waals surface area contributed by atoms with E-state index in [4.69, 9.17) is 4.74 Å². The van der Waals surface area contributed by atoms with Gasteiger partial charge in [0.2, 0.25) is 0 Å². The van der Waals surface area contributed by atoms with Gasteiger partial charge < -0.3 is 4.74 Å². The predicted molar refractivity (Wildman–Crippen MR) is 104 cm³/mol. The molecule has 6 nitrogen and oxygen atoms in total. The van der Waals surface area contributed by atoms with E-state index in [0.717, 1.165) is 28.5 Å². The summed E-state index contributed by atoms with van der Waals surface area (Å²) < 4.78 is 44.9. The number of anilines is 2. The maximum atomic E-state index is 13.3. The van der Waals surface area contributed by atoms with Gasteiger partial charge in [-0.15, -0.1) is 0 Å². The highest BCUT2D eigenvalue weighted by molar-refractivity contribution is 6.12. The molecule has 1 unspecified atom stereocenters. The number of carbonyl (C=O) groups excluding carboxylic acids is 1. The molecular weight excluding hydrogens is 397 g/mol. The molecule has 1 atom stereocenters. The molecule has 1 fully saturated rings. The van der Waals surface area contributed by atoms with E-state index in [0.29, 0.717) is 11.1 Å². The van der Waals surface area contributed by atoms with E-state index < -0.39 is 23.8 Å². The monoisotopic (exact) mass is 412 g/mol. The van der Waals surface area contributed by atoms with Crippen LogP contribution in [0.2, 0.25) is 0 Å². The van der Waals surface area contributed by atoms with Gasteiger partial charge in [-0.25, -0.2) is 4.79 Å². The van der Waals surface area contributed by atoms with Gasteiger partial charge in [-0.2, -0.15) is 18.4 Å². The smallest absolute Gasteiger partial charge is 0.416 e. The van der Waals surface area contributed by atoms with Gasteiger partial charge >= 0.3 is 12.2 Å². The van der Waals surface area contributed by atoms with Crippen LogP contribution in [0.5, 0.6) is 5.75 Å². The van der Waals surface area contributed by atoms with Crippen molar-refractivity contribution < 1.29 is 22.7 Å². The molecule has 1 aliphatic heterocycles. The first-order valence-corrected chi connectivity index (χ1v) is 8.93. The van der Waals surface area contributed by atoms with Crippen LogP contribution >= 0.6 is 0 Å². The van der Waals surface area contributed by atoms with Crippen LogP contribution in [0, 0.1) is 11.3 Å².